The SMILES string of the molecule is CC(Cc1nc2ccccc2s1)NC(CCO)C(C)C. The van der Waals surface area contributed by atoms with Gasteiger partial charge in [0.05, 0.1) is 15.2 Å². The van der Waals surface area contributed by atoms with Crippen LogP contribution >= 0.6 is 11.3 Å². The van der Waals surface area contributed by atoms with Crippen molar-refractivity contribution in [3.05, 3.63) is 29.3 Å². The first-order chi connectivity index (χ1) is 9.60. The van der Waals surface area contributed by atoms with Gasteiger partial charge in [-0.3, -0.25) is 0 Å². The molecule has 4 heteroatoms. The lowest BCUT2D eigenvalue weighted by molar-refractivity contribution is 0.236. The third kappa shape index (κ3) is 4.01. The summed E-state index contributed by atoms with van der Waals surface area (Å²) in [5, 5.41) is 13.9. The number of nitrogens with one attached hydrogen (secondary N) is 1. The van der Waals surface area contributed by atoms with Crippen LogP contribution in [0, 0.1) is 5.92 Å². The van der Waals surface area contributed by atoms with Crippen LogP contribution in [0.3, 0.4) is 0 Å². The molecule has 2 aromatic rings. The number of fused-ring (bicyclic) bond motifs is 1. The summed E-state index contributed by atoms with van der Waals surface area (Å²) in [6.07, 6.45) is 1.75. The Bertz CT molecular complexity index is 505. The molecular weight excluding hydrogens is 268 g/mol. The minimum atomic E-state index is 0.240. The van der Waals surface area contributed by atoms with Gasteiger partial charge < -0.3 is 10.4 Å². The van der Waals surface area contributed by atoms with Crippen molar-refractivity contribution >= 4 is 21.6 Å². The van der Waals surface area contributed by atoms with Crippen LogP contribution in [0.25, 0.3) is 10.2 Å². The Morgan fingerprint density at radius 3 is 2.65 bits per heavy atom. The quantitative estimate of drug-likeness (QED) is 0.823. The first-order valence-electron chi connectivity index (χ1n) is 7.31. The molecule has 3 nitrogen and oxygen atoms in total. The summed E-state index contributed by atoms with van der Waals surface area (Å²) < 4.78 is 1.26. The van der Waals surface area contributed by atoms with E-state index >= 15 is 0 Å². The lowest BCUT2D eigenvalue weighted by atomic mass is 10.00. The van der Waals surface area contributed by atoms with Gasteiger partial charge in [0.15, 0.2) is 0 Å². The van der Waals surface area contributed by atoms with Gasteiger partial charge in [-0.25, -0.2) is 4.98 Å². The third-order valence-electron chi connectivity index (χ3n) is 3.56. The van der Waals surface area contributed by atoms with Crippen LogP contribution in [0.1, 0.15) is 32.2 Å². The lowest BCUT2D eigenvalue weighted by Gasteiger charge is -2.25. The fourth-order valence-electron chi connectivity index (χ4n) is 2.44. The molecule has 0 amide bonds. The van der Waals surface area contributed by atoms with E-state index in [9.17, 15) is 0 Å². The highest BCUT2D eigenvalue weighted by atomic mass is 32.1. The Balaban J connectivity index is 1.97. The molecule has 0 spiro atoms. The molecule has 2 N–H and O–H groups in total. The van der Waals surface area contributed by atoms with Gasteiger partial charge in [-0.15, -0.1) is 11.3 Å². The number of nitrogens with zero attached hydrogens (tertiary/aromatic N) is 1. The largest absolute Gasteiger partial charge is 0.396 e. The zero-order valence-corrected chi connectivity index (χ0v) is 13.3. The van der Waals surface area contributed by atoms with E-state index in [1.54, 1.807) is 11.3 Å². The Labute approximate surface area is 125 Å². The molecule has 2 unspecified atom stereocenters. The van der Waals surface area contributed by atoms with E-state index in [0.29, 0.717) is 18.0 Å². The molecule has 0 saturated carbocycles. The van der Waals surface area contributed by atoms with Gasteiger partial charge in [-0.2, -0.15) is 0 Å². The van der Waals surface area contributed by atoms with Crippen molar-refractivity contribution in [1.82, 2.24) is 10.3 Å². The van der Waals surface area contributed by atoms with Crippen LogP contribution < -0.4 is 5.32 Å². The van der Waals surface area contributed by atoms with E-state index < -0.39 is 0 Å². The summed E-state index contributed by atoms with van der Waals surface area (Å²) in [6.45, 7) is 6.82. The summed E-state index contributed by atoms with van der Waals surface area (Å²) in [7, 11) is 0. The van der Waals surface area contributed by atoms with Gasteiger partial charge in [-0.05, 0) is 31.4 Å². The first-order valence-corrected chi connectivity index (χ1v) is 8.13. The molecule has 1 aromatic carbocycles. The highest BCUT2D eigenvalue weighted by molar-refractivity contribution is 7.18. The lowest BCUT2D eigenvalue weighted by Crippen LogP contribution is -2.41. The number of aliphatic hydroxyl groups is 1. The normalized spacial score (nSPS) is 14.8. The van der Waals surface area contributed by atoms with Crippen LogP contribution in [0.2, 0.25) is 0 Å². The maximum Gasteiger partial charge on any atom is 0.0954 e. The van der Waals surface area contributed by atoms with Crippen LogP contribution in [-0.2, 0) is 6.42 Å². The molecule has 0 fully saturated rings. The summed E-state index contributed by atoms with van der Waals surface area (Å²) in [5.41, 5.74) is 1.09. The Morgan fingerprint density at radius 2 is 2.00 bits per heavy atom. The minimum Gasteiger partial charge on any atom is -0.396 e. The highest BCUT2D eigenvalue weighted by Gasteiger charge is 2.16. The molecule has 2 atom stereocenters. The van der Waals surface area contributed by atoms with E-state index in [0.717, 1.165) is 18.4 Å². The van der Waals surface area contributed by atoms with E-state index in [1.807, 2.05) is 6.07 Å². The summed E-state index contributed by atoms with van der Waals surface area (Å²) in [6, 6.07) is 9.01. The molecule has 2 rings (SSSR count). The molecule has 0 aliphatic rings. The Morgan fingerprint density at radius 1 is 1.25 bits per heavy atom. The van der Waals surface area contributed by atoms with E-state index in [2.05, 4.69) is 49.3 Å². The smallest absolute Gasteiger partial charge is 0.0954 e. The molecule has 1 heterocycles. The third-order valence-corrected chi connectivity index (χ3v) is 4.62. The van der Waals surface area contributed by atoms with Crippen LogP contribution in [0.4, 0.5) is 0 Å². The predicted molar refractivity (Wildman–Crippen MR) is 86.3 cm³/mol. The molecule has 0 saturated heterocycles. The summed E-state index contributed by atoms with van der Waals surface area (Å²) in [4.78, 5) is 4.68. The van der Waals surface area contributed by atoms with Crippen LogP contribution in [0.15, 0.2) is 24.3 Å². The molecule has 0 aliphatic carbocycles. The first kappa shape index (κ1) is 15.4. The molecular formula is C16H24N2OS. The second kappa shape index (κ2) is 7.16. The van der Waals surface area contributed by atoms with E-state index in [1.165, 1.54) is 9.71 Å². The number of aliphatic hydroxyl groups excluding tert-OH is 1. The van der Waals surface area contributed by atoms with Gasteiger partial charge in [-0.1, -0.05) is 26.0 Å². The molecule has 0 aliphatic heterocycles. The van der Waals surface area contributed by atoms with Crippen molar-refractivity contribution in [1.29, 1.82) is 0 Å². The number of hydrogen-bond donors (Lipinski definition) is 2. The fraction of sp³-hybridized carbons (Fsp3) is 0.562. The van der Waals surface area contributed by atoms with Crippen LogP contribution in [-0.4, -0.2) is 28.8 Å². The van der Waals surface area contributed by atoms with Crippen LogP contribution in [0.5, 0.6) is 0 Å². The van der Waals surface area contributed by atoms with Crippen molar-refractivity contribution in [2.24, 2.45) is 5.92 Å². The van der Waals surface area contributed by atoms with Gasteiger partial charge in [0.1, 0.15) is 0 Å². The second-order valence-corrected chi connectivity index (χ2v) is 6.83. The predicted octanol–water partition coefficient (Wildman–Crippen LogP) is 3.22. The van der Waals surface area contributed by atoms with Gasteiger partial charge in [0.25, 0.3) is 0 Å². The van der Waals surface area contributed by atoms with Crippen molar-refractivity contribution in [3.8, 4) is 0 Å². The monoisotopic (exact) mass is 292 g/mol. The standard InChI is InChI=1S/C16H24N2OS/c1-11(2)13(8-9-19)17-12(3)10-16-18-14-6-4-5-7-15(14)20-16/h4-7,11-13,17,19H,8-10H2,1-3H3. The van der Waals surface area contributed by atoms with Gasteiger partial charge >= 0.3 is 0 Å². The number of para-hydroxylation sites is 1. The maximum atomic E-state index is 9.13. The average molecular weight is 292 g/mol. The number of benzene rings is 1. The zero-order valence-electron chi connectivity index (χ0n) is 12.5. The van der Waals surface area contributed by atoms with E-state index in [4.69, 9.17) is 5.11 Å². The summed E-state index contributed by atoms with van der Waals surface area (Å²) in [5.74, 6) is 0.528. The van der Waals surface area contributed by atoms with E-state index in [-0.39, 0.29) is 6.61 Å². The number of rotatable bonds is 7. The maximum absolute atomic E-state index is 9.13. The molecule has 110 valence electrons. The van der Waals surface area contributed by atoms with Crippen molar-refractivity contribution in [2.75, 3.05) is 6.61 Å². The topological polar surface area (TPSA) is 45.2 Å². The zero-order chi connectivity index (χ0) is 14.5. The van der Waals surface area contributed by atoms with Crippen molar-refractivity contribution in [3.63, 3.8) is 0 Å². The van der Waals surface area contributed by atoms with Gasteiger partial charge in [0, 0.05) is 25.1 Å². The molecule has 20 heavy (non-hydrogen) atoms. The molecule has 1 aromatic heterocycles. The molecule has 0 radical (unpaired) electrons. The number of thiazole rings is 1. The average Bonchev–Trinajstić information content (AvgIpc) is 2.79. The fourth-order valence-corrected chi connectivity index (χ4v) is 3.54. The Hall–Kier alpha value is -0.970. The second-order valence-electron chi connectivity index (χ2n) is 5.71. The molecule has 0 bridgehead atoms. The van der Waals surface area contributed by atoms with Gasteiger partial charge in [0.2, 0.25) is 0 Å². The minimum absolute atomic E-state index is 0.240. The highest BCUT2D eigenvalue weighted by Crippen LogP contribution is 2.22. The number of hydrogen-bond acceptors (Lipinski definition) is 4. The Kier molecular flexibility index (Phi) is 5.52. The summed E-state index contributed by atoms with van der Waals surface area (Å²) >= 11 is 1.77. The number of aromatic nitrogens is 1. The van der Waals surface area contributed by atoms with Crippen molar-refractivity contribution in [2.45, 2.75) is 45.7 Å². The van der Waals surface area contributed by atoms with Crippen molar-refractivity contribution < 1.29 is 5.11 Å².